The van der Waals surface area contributed by atoms with E-state index in [9.17, 15) is 0 Å². The van der Waals surface area contributed by atoms with E-state index >= 15 is 0 Å². The van der Waals surface area contributed by atoms with E-state index in [-0.39, 0.29) is 0 Å². The molecule has 2 nitrogen and oxygen atoms in total. The van der Waals surface area contributed by atoms with Crippen molar-refractivity contribution in [2.45, 2.75) is 25.8 Å². The van der Waals surface area contributed by atoms with Gasteiger partial charge in [-0.05, 0) is 36.5 Å². The van der Waals surface area contributed by atoms with E-state index in [1.165, 1.54) is 52.3 Å². The van der Waals surface area contributed by atoms with Gasteiger partial charge in [0.2, 0.25) is 0 Å². The Morgan fingerprint density at radius 1 is 1.35 bits per heavy atom. The molecule has 4 heteroatoms. The van der Waals surface area contributed by atoms with Gasteiger partial charge in [0, 0.05) is 16.8 Å². The third-order valence-electron chi connectivity index (χ3n) is 3.12. The number of hydrogen-bond donors (Lipinski definition) is 1. The third-order valence-corrected chi connectivity index (χ3v) is 4.24. The number of anilines is 1. The molecule has 0 radical (unpaired) electrons. The number of hydrogen-bond acceptors (Lipinski definition) is 3. The minimum Gasteiger partial charge on any atom is -0.380 e. The SMILES string of the molecule is Clc1ncc(CNc2cccc3c2CCC3)s1. The molecule has 3 rings (SSSR count). The number of aryl methyl sites for hydroxylation is 1. The maximum Gasteiger partial charge on any atom is 0.183 e. The molecular weight excluding hydrogens is 252 g/mol. The maximum absolute atomic E-state index is 5.82. The molecule has 2 aromatic rings. The van der Waals surface area contributed by atoms with Crippen LogP contribution in [0.25, 0.3) is 0 Å². The van der Waals surface area contributed by atoms with Crippen molar-refractivity contribution >= 4 is 28.6 Å². The summed E-state index contributed by atoms with van der Waals surface area (Å²) in [7, 11) is 0. The molecule has 0 amide bonds. The molecule has 0 unspecified atom stereocenters. The first-order valence-corrected chi connectivity index (χ1v) is 6.97. The molecule has 1 aromatic heterocycles. The Hall–Kier alpha value is -1.06. The van der Waals surface area contributed by atoms with Crippen molar-refractivity contribution in [2.24, 2.45) is 0 Å². The molecule has 17 heavy (non-hydrogen) atoms. The molecule has 0 fully saturated rings. The van der Waals surface area contributed by atoms with Crippen molar-refractivity contribution in [3.05, 3.63) is 44.9 Å². The van der Waals surface area contributed by atoms with E-state index in [4.69, 9.17) is 11.6 Å². The first-order valence-electron chi connectivity index (χ1n) is 5.78. The Bertz CT molecular complexity index is 536. The number of halogens is 1. The fraction of sp³-hybridized carbons (Fsp3) is 0.308. The van der Waals surface area contributed by atoms with Crippen LogP contribution in [-0.2, 0) is 19.4 Å². The van der Waals surface area contributed by atoms with Gasteiger partial charge in [-0.3, -0.25) is 0 Å². The summed E-state index contributed by atoms with van der Waals surface area (Å²) < 4.78 is 0.611. The van der Waals surface area contributed by atoms with Gasteiger partial charge in [-0.15, -0.1) is 11.3 Å². The average Bonchev–Trinajstić information content (AvgIpc) is 2.94. The summed E-state index contributed by atoms with van der Waals surface area (Å²) in [6.07, 6.45) is 5.53. The van der Waals surface area contributed by atoms with Crippen LogP contribution >= 0.6 is 22.9 Å². The van der Waals surface area contributed by atoms with Gasteiger partial charge in [-0.2, -0.15) is 0 Å². The number of benzene rings is 1. The topological polar surface area (TPSA) is 24.9 Å². The second-order valence-electron chi connectivity index (χ2n) is 4.23. The molecule has 1 aliphatic rings. The van der Waals surface area contributed by atoms with Crippen LogP contribution in [0.5, 0.6) is 0 Å². The molecule has 88 valence electrons. The van der Waals surface area contributed by atoms with Gasteiger partial charge in [-0.1, -0.05) is 23.7 Å². The minimum atomic E-state index is 0.611. The van der Waals surface area contributed by atoms with Crippen LogP contribution in [0.4, 0.5) is 5.69 Å². The lowest BCUT2D eigenvalue weighted by atomic mass is 10.1. The quantitative estimate of drug-likeness (QED) is 0.910. The van der Waals surface area contributed by atoms with Crippen LogP contribution in [0.2, 0.25) is 4.47 Å². The summed E-state index contributed by atoms with van der Waals surface area (Å²) in [6, 6.07) is 6.52. The van der Waals surface area contributed by atoms with E-state index in [1.807, 2.05) is 6.20 Å². The number of thiazole rings is 1. The summed E-state index contributed by atoms with van der Waals surface area (Å²) >= 11 is 7.35. The zero-order chi connectivity index (χ0) is 11.7. The van der Waals surface area contributed by atoms with Gasteiger partial charge >= 0.3 is 0 Å². The summed E-state index contributed by atoms with van der Waals surface area (Å²) in [5, 5.41) is 3.49. The maximum atomic E-state index is 5.82. The molecule has 0 bridgehead atoms. The number of nitrogens with zero attached hydrogens (tertiary/aromatic N) is 1. The monoisotopic (exact) mass is 264 g/mol. The number of nitrogens with one attached hydrogen (secondary N) is 1. The van der Waals surface area contributed by atoms with Crippen molar-refractivity contribution < 1.29 is 0 Å². The van der Waals surface area contributed by atoms with Crippen LogP contribution in [0.15, 0.2) is 24.4 Å². The Labute approximate surface area is 110 Å². The fourth-order valence-corrected chi connectivity index (χ4v) is 3.25. The molecule has 1 N–H and O–H groups in total. The summed E-state index contributed by atoms with van der Waals surface area (Å²) in [5.41, 5.74) is 4.25. The number of rotatable bonds is 3. The molecule has 0 spiro atoms. The standard InChI is InChI=1S/C13H13ClN2S/c14-13-16-8-10(17-13)7-15-12-6-2-4-9-3-1-5-11(9)12/h2,4,6,8,15H,1,3,5,7H2. The lowest BCUT2D eigenvalue weighted by Crippen LogP contribution is -2.00. The molecule has 0 aliphatic heterocycles. The Balaban J connectivity index is 1.75. The normalized spacial score (nSPS) is 13.7. The zero-order valence-corrected chi connectivity index (χ0v) is 10.9. The highest BCUT2D eigenvalue weighted by atomic mass is 35.5. The fourth-order valence-electron chi connectivity index (χ4n) is 2.33. The van der Waals surface area contributed by atoms with Crippen molar-refractivity contribution in [2.75, 3.05) is 5.32 Å². The van der Waals surface area contributed by atoms with E-state index in [0.29, 0.717) is 4.47 Å². The Kier molecular flexibility index (Phi) is 3.04. The highest BCUT2D eigenvalue weighted by molar-refractivity contribution is 7.15. The van der Waals surface area contributed by atoms with Crippen LogP contribution in [0, 0.1) is 0 Å². The van der Waals surface area contributed by atoms with Gasteiger partial charge < -0.3 is 5.32 Å². The van der Waals surface area contributed by atoms with Crippen LogP contribution in [0.3, 0.4) is 0 Å². The van der Waals surface area contributed by atoms with Crippen molar-refractivity contribution in [1.82, 2.24) is 4.98 Å². The second-order valence-corrected chi connectivity index (χ2v) is 5.93. The van der Waals surface area contributed by atoms with E-state index in [2.05, 4.69) is 28.5 Å². The third kappa shape index (κ3) is 2.31. The lowest BCUT2D eigenvalue weighted by Gasteiger charge is -2.10. The average molecular weight is 265 g/mol. The largest absolute Gasteiger partial charge is 0.380 e. The zero-order valence-electron chi connectivity index (χ0n) is 9.37. The summed E-state index contributed by atoms with van der Waals surface area (Å²) in [6.45, 7) is 0.806. The van der Waals surface area contributed by atoms with Gasteiger partial charge in [0.25, 0.3) is 0 Å². The molecule has 1 aliphatic carbocycles. The van der Waals surface area contributed by atoms with E-state index in [1.54, 1.807) is 0 Å². The van der Waals surface area contributed by atoms with Gasteiger partial charge in [0.1, 0.15) is 0 Å². The first kappa shape index (κ1) is 11.1. The molecular formula is C13H13ClN2S. The highest BCUT2D eigenvalue weighted by Gasteiger charge is 2.13. The molecule has 1 heterocycles. The second kappa shape index (κ2) is 4.67. The van der Waals surface area contributed by atoms with Gasteiger partial charge in [-0.25, -0.2) is 4.98 Å². The van der Waals surface area contributed by atoms with Crippen LogP contribution < -0.4 is 5.32 Å². The lowest BCUT2D eigenvalue weighted by molar-refractivity contribution is 0.911. The molecule has 0 saturated heterocycles. The van der Waals surface area contributed by atoms with Crippen molar-refractivity contribution in [3.63, 3.8) is 0 Å². The highest BCUT2D eigenvalue weighted by Crippen LogP contribution is 2.29. The van der Waals surface area contributed by atoms with E-state index in [0.717, 1.165) is 6.54 Å². The molecule has 0 atom stereocenters. The minimum absolute atomic E-state index is 0.611. The van der Waals surface area contributed by atoms with Crippen molar-refractivity contribution in [1.29, 1.82) is 0 Å². The summed E-state index contributed by atoms with van der Waals surface area (Å²) in [4.78, 5) is 5.22. The van der Waals surface area contributed by atoms with Crippen molar-refractivity contribution in [3.8, 4) is 0 Å². The Morgan fingerprint density at radius 2 is 2.29 bits per heavy atom. The molecule has 1 aromatic carbocycles. The smallest absolute Gasteiger partial charge is 0.183 e. The molecule has 0 saturated carbocycles. The summed E-state index contributed by atoms with van der Waals surface area (Å²) in [5.74, 6) is 0. The Morgan fingerprint density at radius 3 is 3.12 bits per heavy atom. The first-order chi connectivity index (χ1) is 8.33. The van der Waals surface area contributed by atoms with E-state index < -0.39 is 0 Å². The predicted octanol–water partition coefficient (Wildman–Crippen LogP) is 3.90. The van der Waals surface area contributed by atoms with Crippen LogP contribution in [-0.4, -0.2) is 4.98 Å². The van der Waals surface area contributed by atoms with Crippen LogP contribution in [0.1, 0.15) is 22.4 Å². The number of aromatic nitrogens is 1. The van der Waals surface area contributed by atoms with Gasteiger partial charge in [0.15, 0.2) is 4.47 Å². The van der Waals surface area contributed by atoms with Gasteiger partial charge in [0.05, 0.1) is 6.54 Å². The predicted molar refractivity (Wildman–Crippen MR) is 72.9 cm³/mol. The number of fused-ring (bicyclic) bond motifs is 1.